The van der Waals surface area contributed by atoms with Crippen LogP contribution in [0.1, 0.15) is 24.2 Å². The summed E-state index contributed by atoms with van der Waals surface area (Å²) >= 11 is 11.7. The molecule has 6 heteroatoms. The smallest absolute Gasteiger partial charge is 0.257 e. The van der Waals surface area contributed by atoms with Crippen LogP contribution >= 0.6 is 23.2 Å². The van der Waals surface area contributed by atoms with E-state index in [4.69, 9.17) is 27.9 Å². The summed E-state index contributed by atoms with van der Waals surface area (Å²) in [5, 5.41) is 3.20. The summed E-state index contributed by atoms with van der Waals surface area (Å²) in [4.78, 5) is 15.9. The summed E-state index contributed by atoms with van der Waals surface area (Å²) in [6.07, 6.45) is 1.45. The van der Waals surface area contributed by atoms with Crippen molar-refractivity contribution in [1.29, 1.82) is 0 Å². The maximum absolute atomic E-state index is 12.1. The minimum absolute atomic E-state index is 0.100. The first-order valence-corrected chi connectivity index (χ1v) is 7.10. The monoisotopic (exact) mass is 324 g/mol. The molecule has 1 aromatic carbocycles. The number of benzene rings is 1. The quantitative estimate of drug-likeness (QED) is 0.846. The van der Waals surface area contributed by atoms with E-state index in [9.17, 15) is 4.79 Å². The Morgan fingerprint density at radius 2 is 1.90 bits per heavy atom. The van der Waals surface area contributed by atoms with E-state index in [0.29, 0.717) is 5.69 Å². The molecule has 0 atom stereocenters. The molecule has 110 valence electrons. The molecule has 0 aliphatic heterocycles. The van der Waals surface area contributed by atoms with E-state index < -0.39 is 0 Å². The Labute approximate surface area is 133 Å². The second kappa shape index (κ2) is 6.78. The lowest BCUT2D eigenvalue weighted by Gasteiger charge is -2.11. The van der Waals surface area contributed by atoms with Crippen LogP contribution in [0.15, 0.2) is 36.5 Å². The van der Waals surface area contributed by atoms with Crippen LogP contribution in [0.25, 0.3) is 0 Å². The molecule has 0 radical (unpaired) electrons. The molecule has 0 bridgehead atoms. The minimum Gasteiger partial charge on any atom is -0.491 e. The Hall–Kier alpha value is -1.78. The van der Waals surface area contributed by atoms with Gasteiger partial charge in [0.25, 0.3) is 5.91 Å². The molecule has 2 rings (SSSR count). The fraction of sp³-hybridized carbons (Fsp3) is 0.200. The molecule has 1 heterocycles. The molecular formula is C15H14Cl2N2O2. The van der Waals surface area contributed by atoms with Gasteiger partial charge in [0, 0.05) is 11.9 Å². The van der Waals surface area contributed by atoms with E-state index in [2.05, 4.69) is 10.3 Å². The van der Waals surface area contributed by atoms with Crippen molar-refractivity contribution in [3.8, 4) is 5.75 Å². The lowest BCUT2D eigenvalue weighted by Crippen LogP contribution is -2.13. The summed E-state index contributed by atoms with van der Waals surface area (Å²) in [6.45, 7) is 3.90. The lowest BCUT2D eigenvalue weighted by atomic mass is 10.2. The third-order valence-electron chi connectivity index (χ3n) is 2.55. The first-order chi connectivity index (χ1) is 9.95. The van der Waals surface area contributed by atoms with Crippen molar-refractivity contribution in [2.75, 3.05) is 5.32 Å². The highest BCUT2D eigenvalue weighted by Gasteiger charge is 2.12. The van der Waals surface area contributed by atoms with Crippen molar-refractivity contribution < 1.29 is 9.53 Å². The predicted octanol–water partition coefficient (Wildman–Crippen LogP) is 4.43. The van der Waals surface area contributed by atoms with Crippen molar-refractivity contribution >= 4 is 34.8 Å². The molecule has 0 saturated heterocycles. The zero-order valence-corrected chi connectivity index (χ0v) is 13.1. The Kier molecular flexibility index (Phi) is 5.04. The van der Waals surface area contributed by atoms with Gasteiger partial charge in [0.05, 0.1) is 16.7 Å². The molecule has 0 spiro atoms. The van der Waals surface area contributed by atoms with Gasteiger partial charge in [0.2, 0.25) is 0 Å². The van der Waals surface area contributed by atoms with Crippen molar-refractivity contribution in [2.45, 2.75) is 20.0 Å². The molecule has 21 heavy (non-hydrogen) atoms. The fourth-order valence-corrected chi connectivity index (χ4v) is 2.02. The maximum atomic E-state index is 12.1. The number of aromatic nitrogens is 1. The molecule has 0 saturated carbocycles. The molecule has 1 aromatic heterocycles. The number of anilines is 1. The minimum atomic E-state index is -0.346. The van der Waals surface area contributed by atoms with Crippen molar-refractivity contribution in [3.05, 3.63) is 52.3 Å². The predicted molar refractivity (Wildman–Crippen MR) is 84.4 cm³/mol. The van der Waals surface area contributed by atoms with E-state index in [1.807, 2.05) is 13.8 Å². The summed E-state index contributed by atoms with van der Waals surface area (Å²) < 4.78 is 5.53. The molecule has 0 aliphatic rings. The Bertz CT molecular complexity index is 643. The van der Waals surface area contributed by atoms with Gasteiger partial charge in [-0.3, -0.25) is 4.79 Å². The number of amides is 1. The van der Waals surface area contributed by atoms with Gasteiger partial charge < -0.3 is 10.1 Å². The third kappa shape index (κ3) is 4.34. The van der Waals surface area contributed by atoms with E-state index in [1.54, 1.807) is 24.3 Å². The molecule has 4 nitrogen and oxygen atoms in total. The SMILES string of the molecule is CC(C)Oc1ccc(NC(=O)c2cc(Cl)ncc2Cl)cc1. The molecule has 1 N–H and O–H groups in total. The van der Waals surface area contributed by atoms with E-state index in [1.165, 1.54) is 12.3 Å². The highest BCUT2D eigenvalue weighted by atomic mass is 35.5. The number of rotatable bonds is 4. The van der Waals surface area contributed by atoms with Gasteiger partial charge in [-0.15, -0.1) is 0 Å². The van der Waals surface area contributed by atoms with Crippen LogP contribution in [0.5, 0.6) is 5.75 Å². The van der Waals surface area contributed by atoms with Gasteiger partial charge in [-0.1, -0.05) is 23.2 Å². The number of carbonyl (C=O) groups is 1. The van der Waals surface area contributed by atoms with E-state index in [-0.39, 0.29) is 27.8 Å². The number of carbonyl (C=O) groups excluding carboxylic acids is 1. The molecular weight excluding hydrogens is 311 g/mol. The Morgan fingerprint density at radius 1 is 1.24 bits per heavy atom. The van der Waals surface area contributed by atoms with Gasteiger partial charge in [-0.2, -0.15) is 0 Å². The fourth-order valence-electron chi connectivity index (χ4n) is 1.67. The van der Waals surface area contributed by atoms with Crippen LogP contribution in [0.4, 0.5) is 5.69 Å². The first kappa shape index (κ1) is 15.6. The summed E-state index contributed by atoms with van der Waals surface area (Å²) in [5.41, 5.74) is 0.916. The van der Waals surface area contributed by atoms with Crippen LogP contribution in [0, 0.1) is 0 Å². The van der Waals surface area contributed by atoms with Gasteiger partial charge in [-0.25, -0.2) is 4.98 Å². The maximum Gasteiger partial charge on any atom is 0.257 e. The van der Waals surface area contributed by atoms with Gasteiger partial charge in [-0.05, 0) is 44.2 Å². The highest BCUT2D eigenvalue weighted by Crippen LogP contribution is 2.21. The van der Waals surface area contributed by atoms with Crippen LogP contribution < -0.4 is 10.1 Å². The van der Waals surface area contributed by atoms with Gasteiger partial charge in [0.15, 0.2) is 0 Å². The zero-order chi connectivity index (χ0) is 15.4. The number of nitrogens with one attached hydrogen (secondary N) is 1. The standard InChI is InChI=1S/C15H14Cl2N2O2/c1-9(2)21-11-5-3-10(4-6-11)19-15(20)12-7-14(17)18-8-13(12)16/h3-9H,1-2H3,(H,19,20). The second-order valence-corrected chi connectivity index (χ2v) is 5.43. The number of hydrogen-bond donors (Lipinski definition) is 1. The van der Waals surface area contributed by atoms with E-state index in [0.717, 1.165) is 5.75 Å². The normalized spacial score (nSPS) is 10.5. The van der Waals surface area contributed by atoms with Crippen molar-refractivity contribution in [2.24, 2.45) is 0 Å². The third-order valence-corrected chi connectivity index (χ3v) is 3.06. The molecule has 0 unspecified atom stereocenters. The Balaban J connectivity index is 2.10. The average molecular weight is 325 g/mol. The summed E-state index contributed by atoms with van der Waals surface area (Å²) in [7, 11) is 0. The molecule has 0 fully saturated rings. The largest absolute Gasteiger partial charge is 0.491 e. The van der Waals surface area contributed by atoms with Crippen LogP contribution in [-0.4, -0.2) is 17.0 Å². The highest BCUT2D eigenvalue weighted by molar-refractivity contribution is 6.35. The summed E-state index contributed by atoms with van der Waals surface area (Å²) in [5.74, 6) is 0.398. The topological polar surface area (TPSA) is 51.2 Å². The molecule has 1 amide bonds. The van der Waals surface area contributed by atoms with Gasteiger partial charge >= 0.3 is 0 Å². The Morgan fingerprint density at radius 3 is 2.52 bits per heavy atom. The number of halogens is 2. The molecule has 0 aliphatic carbocycles. The van der Waals surface area contributed by atoms with Crippen molar-refractivity contribution in [1.82, 2.24) is 4.98 Å². The number of pyridine rings is 1. The number of ether oxygens (including phenoxy) is 1. The number of hydrogen-bond acceptors (Lipinski definition) is 3. The molecule has 2 aromatic rings. The van der Waals surface area contributed by atoms with Crippen molar-refractivity contribution in [3.63, 3.8) is 0 Å². The first-order valence-electron chi connectivity index (χ1n) is 6.35. The summed E-state index contributed by atoms with van der Waals surface area (Å²) in [6, 6.07) is 8.52. The second-order valence-electron chi connectivity index (χ2n) is 4.63. The van der Waals surface area contributed by atoms with Crippen LogP contribution in [-0.2, 0) is 0 Å². The van der Waals surface area contributed by atoms with Gasteiger partial charge in [0.1, 0.15) is 10.9 Å². The number of nitrogens with zero attached hydrogens (tertiary/aromatic N) is 1. The van der Waals surface area contributed by atoms with Crippen LogP contribution in [0.3, 0.4) is 0 Å². The average Bonchev–Trinajstić information content (AvgIpc) is 2.43. The van der Waals surface area contributed by atoms with E-state index >= 15 is 0 Å². The lowest BCUT2D eigenvalue weighted by molar-refractivity contribution is 0.102. The van der Waals surface area contributed by atoms with Crippen LogP contribution in [0.2, 0.25) is 10.2 Å². The zero-order valence-electron chi connectivity index (χ0n) is 11.6.